The van der Waals surface area contributed by atoms with Crippen LogP contribution in [0.4, 0.5) is 0 Å². The molecule has 1 aliphatic rings. The molecule has 0 unspecified atom stereocenters. The third-order valence-corrected chi connectivity index (χ3v) is 5.16. The van der Waals surface area contributed by atoms with Gasteiger partial charge in [-0.2, -0.15) is 5.10 Å². The molecule has 1 N–H and O–H groups in total. The second kappa shape index (κ2) is 7.90. The summed E-state index contributed by atoms with van der Waals surface area (Å²) in [7, 11) is 1.84. The smallest absolute Gasteiger partial charge is 0.230 e. The summed E-state index contributed by atoms with van der Waals surface area (Å²) in [5.74, 6) is 0.347. The molecule has 0 atom stereocenters. The second-order valence-electron chi connectivity index (χ2n) is 6.55. The van der Waals surface area contributed by atoms with E-state index in [0.29, 0.717) is 31.3 Å². The molecule has 0 radical (unpaired) electrons. The average molecular weight is 377 g/mol. The van der Waals surface area contributed by atoms with Crippen LogP contribution in [0.5, 0.6) is 0 Å². The Balaban J connectivity index is 1.50. The van der Waals surface area contributed by atoms with E-state index in [2.05, 4.69) is 20.6 Å². The normalized spacial score (nSPS) is 13.8. The van der Waals surface area contributed by atoms with Crippen LogP contribution in [0.15, 0.2) is 17.6 Å². The quantitative estimate of drug-likeness (QED) is 0.733. The lowest BCUT2D eigenvalue weighted by Gasteiger charge is -2.29. The minimum atomic E-state index is -0.0828. The first-order chi connectivity index (χ1) is 12.4. The number of nitrogens with zero attached hydrogens (tertiary/aromatic N) is 6. The molecular formula is C16H23N7O2S. The molecule has 0 bridgehead atoms. The highest BCUT2D eigenvalue weighted by atomic mass is 32.2. The lowest BCUT2D eigenvalue weighted by molar-refractivity contribution is -0.136. The molecule has 2 amide bonds. The van der Waals surface area contributed by atoms with Crippen LogP contribution in [0.2, 0.25) is 0 Å². The number of carbonyl (C=O) groups is 2. The maximum absolute atomic E-state index is 12.1. The molecule has 3 heterocycles. The minimum Gasteiger partial charge on any atom is -0.350 e. The van der Waals surface area contributed by atoms with Crippen LogP contribution in [0, 0.1) is 5.92 Å². The lowest BCUT2D eigenvalue weighted by Crippen LogP contribution is -2.40. The standard InChI is InChI=1S/C16H23N7O2S/c1-11(2)15(25)22-4-5-23-13(8-22)6-12(20-23)7-17-14(24)9-26-16-19-18-10-21(16)3/h6,10-11H,4-5,7-9H2,1-3H3,(H,17,24). The summed E-state index contributed by atoms with van der Waals surface area (Å²) in [6.45, 7) is 6.12. The van der Waals surface area contributed by atoms with E-state index in [9.17, 15) is 9.59 Å². The molecule has 26 heavy (non-hydrogen) atoms. The van der Waals surface area contributed by atoms with E-state index in [1.165, 1.54) is 11.8 Å². The Labute approximate surface area is 156 Å². The number of amides is 2. The number of aryl methyl sites for hydroxylation is 1. The van der Waals surface area contributed by atoms with Crippen LogP contribution < -0.4 is 5.32 Å². The van der Waals surface area contributed by atoms with Crippen molar-refractivity contribution in [3.8, 4) is 0 Å². The second-order valence-corrected chi connectivity index (χ2v) is 7.50. The Morgan fingerprint density at radius 1 is 1.35 bits per heavy atom. The Bertz CT molecular complexity index is 798. The molecule has 2 aromatic rings. The topological polar surface area (TPSA) is 97.9 Å². The van der Waals surface area contributed by atoms with E-state index in [4.69, 9.17) is 0 Å². The molecule has 0 saturated carbocycles. The van der Waals surface area contributed by atoms with E-state index in [1.807, 2.05) is 36.5 Å². The Morgan fingerprint density at radius 2 is 2.15 bits per heavy atom. The number of hydrogen-bond donors (Lipinski definition) is 1. The van der Waals surface area contributed by atoms with Gasteiger partial charge in [-0.3, -0.25) is 14.3 Å². The van der Waals surface area contributed by atoms with Crippen molar-refractivity contribution >= 4 is 23.6 Å². The van der Waals surface area contributed by atoms with Gasteiger partial charge in [0, 0.05) is 19.5 Å². The highest BCUT2D eigenvalue weighted by Gasteiger charge is 2.23. The summed E-state index contributed by atoms with van der Waals surface area (Å²) >= 11 is 1.34. The predicted octanol–water partition coefficient (Wildman–Crippen LogP) is 0.418. The monoisotopic (exact) mass is 377 g/mol. The van der Waals surface area contributed by atoms with E-state index in [-0.39, 0.29) is 23.5 Å². The summed E-state index contributed by atoms with van der Waals surface area (Å²) in [6.07, 6.45) is 1.60. The number of aromatic nitrogens is 5. The SMILES string of the molecule is CC(C)C(=O)N1CCn2nc(CNC(=O)CSc3nncn3C)cc2C1. The van der Waals surface area contributed by atoms with Crippen molar-refractivity contribution in [3.05, 3.63) is 23.8 Å². The highest BCUT2D eigenvalue weighted by molar-refractivity contribution is 7.99. The maximum Gasteiger partial charge on any atom is 0.230 e. The van der Waals surface area contributed by atoms with Crippen molar-refractivity contribution in [2.75, 3.05) is 12.3 Å². The van der Waals surface area contributed by atoms with E-state index >= 15 is 0 Å². The van der Waals surface area contributed by atoms with Gasteiger partial charge in [-0.15, -0.1) is 10.2 Å². The van der Waals surface area contributed by atoms with Gasteiger partial charge in [-0.25, -0.2) is 0 Å². The number of hydrogen-bond acceptors (Lipinski definition) is 6. The summed E-state index contributed by atoms with van der Waals surface area (Å²) in [5.41, 5.74) is 1.80. The van der Waals surface area contributed by atoms with Crippen molar-refractivity contribution in [2.45, 2.75) is 38.6 Å². The number of nitrogens with one attached hydrogen (secondary N) is 1. The summed E-state index contributed by atoms with van der Waals surface area (Å²) < 4.78 is 3.69. The predicted molar refractivity (Wildman–Crippen MR) is 96.1 cm³/mol. The fraction of sp³-hybridized carbons (Fsp3) is 0.562. The molecule has 2 aromatic heterocycles. The minimum absolute atomic E-state index is 0.00496. The Morgan fingerprint density at radius 3 is 2.85 bits per heavy atom. The summed E-state index contributed by atoms with van der Waals surface area (Å²) in [4.78, 5) is 26.0. The molecule has 0 saturated heterocycles. The van der Waals surface area contributed by atoms with Gasteiger partial charge in [0.1, 0.15) is 6.33 Å². The molecule has 0 spiro atoms. The van der Waals surface area contributed by atoms with Crippen molar-refractivity contribution < 1.29 is 9.59 Å². The molecule has 0 fully saturated rings. The number of carbonyl (C=O) groups excluding carboxylic acids is 2. The van der Waals surface area contributed by atoms with Gasteiger partial charge in [0.25, 0.3) is 0 Å². The van der Waals surface area contributed by atoms with Gasteiger partial charge in [-0.05, 0) is 6.07 Å². The maximum atomic E-state index is 12.1. The van der Waals surface area contributed by atoms with Gasteiger partial charge in [0.15, 0.2) is 5.16 Å². The molecule has 0 aromatic carbocycles. The van der Waals surface area contributed by atoms with Crippen LogP contribution in [-0.4, -0.2) is 53.6 Å². The first kappa shape index (κ1) is 18.4. The van der Waals surface area contributed by atoms with Gasteiger partial charge in [0.05, 0.1) is 36.8 Å². The Kier molecular flexibility index (Phi) is 5.60. The van der Waals surface area contributed by atoms with Crippen molar-refractivity contribution in [2.24, 2.45) is 13.0 Å². The fourth-order valence-corrected chi connectivity index (χ4v) is 3.46. The molecule has 3 rings (SSSR count). The molecule has 0 aliphatic carbocycles. The van der Waals surface area contributed by atoms with Gasteiger partial charge < -0.3 is 14.8 Å². The van der Waals surface area contributed by atoms with Gasteiger partial charge in [-0.1, -0.05) is 25.6 Å². The fourth-order valence-electron chi connectivity index (χ4n) is 2.74. The van der Waals surface area contributed by atoms with Crippen LogP contribution >= 0.6 is 11.8 Å². The third-order valence-electron chi connectivity index (χ3n) is 4.12. The molecule has 9 nitrogen and oxygen atoms in total. The third kappa shape index (κ3) is 4.24. The van der Waals surface area contributed by atoms with E-state index < -0.39 is 0 Å². The highest BCUT2D eigenvalue weighted by Crippen LogP contribution is 2.16. The first-order valence-corrected chi connectivity index (χ1v) is 9.50. The van der Waals surface area contributed by atoms with Crippen molar-refractivity contribution in [3.63, 3.8) is 0 Å². The number of fused-ring (bicyclic) bond motifs is 1. The zero-order valence-electron chi connectivity index (χ0n) is 15.2. The largest absolute Gasteiger partial charge is 0.350 e. The zero-order valence-corrected chi connectivity index (χ0v) is 16.0. The van der Waals surface area contributed by atoms with Crippen LogP contribution in [-0.2, 0) is 36.3 Å². The van der Waals surface area contributed by atoms with Gasteiger partial charge in [0.2, 0.25) is 11.8 Å². The van der Waals surface area contributed by atoms with Crippen LogP contribution in [0.25, 0.3) is 0 Å². The number of rotatable bonds is 6. The summed E-state index contributed by atoms with van der Waals surface area (Å²) in [5, 5.41) is 15.8. The molecule has 140 valence electrons. The Hall–Kier alpha value is -2.36. The van der Waals surface area contributed by atoms with E-state index in [0.717, 1.165) is 11.4 Å². The van der Waals surface area contributed by atoms with Crippen molar-refractivity contribution in [1.82, 2.24) is 34.8 Å². The van der Waals surface area contributed by atoms with Gasteiger partial charge >= 0.3 is 0 Å². The van der Waals surface area contributed by atoms with Crippen molar-refractivity contribution in [1.29, 1.82) is 0 Å². The molecule has 1 aliphatic heterocycles. The number of thioether (sulfide) groups is 1. The average Bonchev–Trinajstić information content (AvgIpc) is 3.22. The van der Waals surface area contributed by atoms with E-state index in [1.54, 1.807) is 10.9 Å². The zero-order chi connectivity index (χ0) is 18.7. The lowest BCUT2D eigenvalue weighted by atomic mass is 10.1. The molecular weight excluding hydrogens is 354 g/mol. The van der Waals surface area contributed by atoms with Crippen LogP contribution in [0.1, 0.15) is 25.2 Å². The molecule has 10 heteroatoms. The summed E-state index contributed by atoms with van der Waals surface area (Å²) in [6, 6.07) is 1.95. The van der Waals surface area contributed by atoms with Crippen LogP contribution in [0.3, 0.4) is 0 Å². The first-order valence-electron chi connectivity index (χ1n) is 8.52.